The second kappa shape index (κ2) is 4.91. The third kappa shape index (κ3) is 3.00. The highest BCUT2D eigenvalue weighted by Crippen LogP contribution is 2.13. The number of nitrogens with zero attached hydrogens (tertiary/aromatic N) is 1. The van der Waals surface area contributed by atoms with Crippen molar-refractivity contribution in [1.82, 2.24) is 4.98 Å². The van der Waals surface area contributed by atoms with E-state index in [9.17, 15) is 0 Å². The van der Waals surface area contributed by atoms with Gasteiger partial charge in [-0.15, -0.1) is 0 Å². The predicted molar refractivity (Wildman–Crippen MR) is 69.0 cm³/mol. The monoisotopic (exact) mass is 231 g/mol. The molecule has 4 nitrogen and oxygen atoms in total. The van der Waals surface area contributed by atoms with Gasteiger partial charge in [-0.1, -0.05) is 0 Å². The highest BCUT2D eigenvalue weighted by Gasteiger charge is 2.00. The fourth-order valence-electron chi connectivity index (χ4n) is 1.60. The summed E-state index contributed by atoms with van der Waals surface area (Å²) in [6.07, 6.45) is 2.52. The molecule has 2 heterocycles. The lowest BCUT2D eigenvalue weighted by molar-refractivity contribution is 0.486. The molecule has 17 heavy (non-hydrogen) atoms. The summed E-state index contributed by atoms with van der Waals surface area (Å²) < 4.78 is 5.48. The molecule has 0 unspecified atom stereocenters. The molecule has 2 rings (SSSR count). The third-order valence-electron chi connectivity index (χ3n) is 2.62. The highest BCUT2D eigenvalue weighted by molar-refractivity contribution is 5.50. The van der Waals surface area contributed by atoms with E-state index in [2.05, 4.69) is 10.3 Å². The van der Waals surface area contributed by atoms with Crippen LogP contribution in [0, 0.1) is 13.8 Å². The zero-order valence-corrected chi connectivity index (χ0v) is 10.2. The van der Waals surface area contributed by atoms with Crippen molar-refractivity contribution >= 4 is 11.5 Å². The maximum absolute atomic E-state index is 5.71. The van der Waals surface area contributed by atoms with Gasteiger partial charge in [0, 0.05) is 13.0 Å². The first-order valence-electron chi connectivity index (χ1n) is 5.66. The van der Waals surface area contributed by atoms with Crippen molar-refractivity contribution in [2.45, 2.75) is 20.3 Å². The first kappa shape index (κ1) is 11.5. The zero-order valence-electron chi connectivity index (χ0n) is 10.2. The van der Waals surface area contributed by atoms with Gasteiger partial charge in [0.05, 0.1) is 11.9 Å². The summed E-state index contributed by atoms with van der Waals surface area (Å²) in [5.74, 6) is 2.78. The summed E-state index contributed by atoms with van der Waals surface area (Å²) in [5.41, 5.74) is 7.46. The Morgan fingerprint density at radius 3 is 2.82 bits per heavy atom. The number of aromatic nitrogens is 1. The summed E-state index contributed by atoms with van der Waals surface area (Å²) in [5, 5.41) is 3.24. The maximum atomic E-state index is 5.71. The molecule has 4 heteroatoms. The first-order valence-corrected chi connectivity index (χ1v) is 5.66. The van der Waals surface area contributed by atoms with Crippen molar-refractivity contribution < 1.29 is 4.42 Å². The van der Waals surface area contributed by atoms with E-state index in [1.165, 1.54) is 0 Å². The van der Waals surface area contributed by atoms with Crippen LogP contribution in [0.15, 0.2) is 28.8 Å². The van der Waals surface area contributed by atoms with Gasteiger partial charge in [-0.25, -0.2) is 4.98 Å². The minimum atomic E-state index is 0.720. The predicted octanol–water partition coefficient (Wildman–Crippen LogP) is 2.53. The van der Waals surface area contributed by atoms with E-state index in [1.54, 1.807) is 6.20 Å². The molecule has 0 atom stereocenters. The van der Waals surface area contributed by atoms with E-state index in [0.29, 0.717) is 0 Å². The van der Waals surface area contributed by atoms with Crippen molar-refractivity contribution in [2.75, 3.05) is 17.6 Å². The van der Waals surface area contributed by atoms with Crippen LogP contribution in [0.5, 0.6) is 0 Å². The standard InChI is InChI=1S/C13H17N3O/c1-9-7-13(16-8-12(9)14)15-6-5-11-4-3-10(2)17-11/h3-4,7-8H,5-6,14H2,1-2H3,(H,15,16). The molecule has 0 saturated carbocycles. The lowest BCUT2D eigenvalue weighted by atomic mass is 10.2. The van der Waals surface area contributed by atoms with Crippen LogP contribution in [-0.2, 0) is 6.42 Å². The second-order valence-electron chi connectivity index (χ2n) is 4.12. The molecule has 0 aliphatic carbocycles. The lowest BCUT2D eigenvalue weighted by Gasteiger charge is -2.06. The number of aryl methyl sites for hydroxylation is 2. The van der Waals surface area contributed by atoms with E-state index in [4.69, 9.17) is 10.2 Å². The van der Waals surface area contributed by atoms with Gasteiger partial charge < -0.3 is 15.5 Å². The Kier molecular flexibility index (Phi) is 3.32. The average Bonchev–Trinajstić information content (AvgIpc) is 2.70. The molecule has 0 aromatic carbocycles. The third-order valence-corrected chi connectivity index (χ3v) is 2.62. The number of nitrogens with two attached hydrogens (primary N) is 1. The van der Waals surface area contributed by atoms with Gasteiger partial charge in [0.25, 0.3) is 0 Å². The molecular weight excluding hydrogens is 214 g/mol. The van der Waals surface area contributed by atoms with Gasteiger partial charge in [0.2, 0.25) is 0 Å². The Balaban J connectivity index is 1.87. The van der Waals surface area contributed by atoms with E-state index < -0.39 is 0 Å². The zero-order chi connectivity index (χ0) is 12.3. The Morgan fingerprint density at radius 1 is 1.35 bits per heavy atom. The number of hydrogen-bond acceptors (Lipinski definition) is 4. The van der Waals surface area contributed by atoms with Gasteiger partial charge in [-0.2, -0.15) is 0 Å². The number of rotatable bonds is 4. The number of hydrogen-bond donors (Lipinski definition) is 2. The maximum Gasteiger partial charge on any atom is 0.126 e. The highest BCUT2D eigenvalue weighted by atomic mass is 16.3. The van der Waals surface area contributed by atoms with Crippen LogP contribution in [0.4, 0.5) is 11.5 Å². The first-order chi connectivity index (χ1) is 8.15. The van der Waals surface area contributed by atoms with Gasteiger partial charge in [-0.3, -0.25) is 0 Å². The van der Waals surface area contributed by atoms with E-state index in [0.717, 1.165) is 41.6 Å². The molecule has 3 N–H and O–H groups in total. The van der Waals surface area contributed by atoms with Crippen LogP contribution in [-0.4, -0.2) is 11.5 Å². The van der Waals surface area contributed by atoms with Crippen molar-refractivity contribution in [3.05, 3.63) is 41.5 Å². The summed E-state index contributed by atoms with van der Waals surface area (Å²) >= 11 is 0. The Bertz CT molecular complexity index is 505. The largest absolute Gasteiger partial charge is 0.466 e. The average molecular weight is 231 g/mol. The van der Waals surface area contributed by atoms with E-state index >= 15 is 0 Å². The Hall–Kier alpha value is -1.97. The van der Waals surface area contributed by atoms with Crippen molar-refractivity contribution in [3.63, 3.8) is 0 Å². The van der Waals surface area contributed by atoms with Gasteiger partial charge in [0.15, 0.2) is 0 Å². The van der Waals surface area contributed by atoms with Gasteiger partial charge in [-0.05, 0) is 37.6 Å². The summed E-state index contributed by atoms with van der Waals surface area (Å²) in [4.78, 5) is 4.21. The fourth-order valence-corrected chi connectivity index (χ4v) is 1.60. The Morgan fingerprint density at radius 2 is 2.18 bits per heavy atom. The molecule has 0 saturated heterocycles. The molecule has 0 spiro atoms. The minimum absolute atomic E-state index is 0.720. The summed E-state index contributed by atoms with van der Waals surface area (Å²) in [6, 6.07) is 5.92. The smallest absolute Gasteiger partial charge is 0.126 e. The lowest BCUT2D eigenvalue weighted by Crippen LogP contribution is -2.06. The van der Waals surface area contributed by atoms with Crippen LogP contribution in [0.1, 0.15) is 17.1 Å². The molecular formula is C13H17N3O. The van der Waals surface area contributed by atoms with Gasteiger partial charge >= 0.3 is 0 Å². The molecule has 0 bridgehead atoms. The van der Waals surface area contributed by atoms with Crippen LogP contribution in [0.3, 0.4) is 0 Å². The van der Waals surface area contributed by atoms with Crippen LogP contribution in [0.25, 0.3) is 0 Å². The quantitative estimate of drug-likeness (QED) is 0.848. The molecule has 0 aliphatic heterocycles. The van der Waals surface area contributed by atoms with Gasteiger partial charge in [0.1, 0.15) is 17.3 Å². The van der Waals surface area contributed by atoms with Crippen molar-refractivity contribution in [2.24, 2.45) is 0 Å². The Labute approximate surface area is 101 Å². The normalized spacial score (nSPS) is 10.5. The molecule has 0 aliphatic rings. The second-order valence-corrected chi connectivity index (χ2v) is 4.12. The number of nitrogens with one attached hydrogen (secondary N) is 1. The summed E-state index contributed by atoms with van der Waals surface area (Å²) in [7, 11) is 0. The van der Waals surface area contributed by atoms with E-state index in [1.807, 2.05) is 32.0 Å². The van der Waals surface area contributed by atoms with Crippen LogP contribution < -0.4 is 11.1 Å². The number of anilines is 2. The topological polar surface area (TPSA) is 64.1 Å². The molecule has 90 valence electrons. The van der Waals surface area contributed by atoms with Crippen LogP contribution >= 0.6 is 0 Å². The number of furan rings is 1. The summed E-state index contributed by atoms with van der Waals surface area (Å²) in [6.45, 7) is 4.71. The minimum Gasteiger partial charge on any atom is -0.466 e. The van der Waals surface area contributed by atoms with Crippen molar-refractivity contribution in [1.29, 1.82) is 0 Å². The SMILES string of the molecule is Cc1ccc(CCNc2cc(C)c(N)cn2)o1. The molecule has 0 fully saturated rings. The van der Waals surface area contributed by atoms with E-state index in [-0.39, 0.29) is 0 Å². The van der Waals surface area contributed by atoms with Crippen LogP contribution in [0.2, 0.25) is 0 Å². The molecule has 0 radical (unpaired) electrons. The molecule has 0 amide bonds. The molecule has 2 aromatic rings. The van der Waals surface area contributed by atoms with Crippen molar-refractivity contribution in [3.8, 4) is 0 Å². The fraction of sp³-hybridized carbons (Fsp3) is 0.308. The molecule has 2 aromatic heterocycles. The number of nitrogen functional groups attached to an aromatic ring is 1. The number of pyridine rings is 1.